The van der Waals surface area contributed by atoms with Crippen molar-refractivity contribution in [3.8, 4) is 0 Å². The van der Waals surface area contributed by atoms with Crippen LogP contribution in [0.15, 0.2) is 77.2 Å². The summed E-state index contributed by atoms with van der Waals surface area (Å²) in [6.45, 7) is 0. The lowest BCUT2D eigenvalue weighted by Gasteiger charge is -2.08. The number of halogens is 1. The van der Waals surface area contributed by atoms with Gasteiger partial charge in [0.15, 0.2) is 5.11 Å². The second kappa shape index (κ2) is 7.84. The van der Waals surface area contributed by atoms with Crippen molar-refractivity contribution in [3.05, 3.63) is 83.4 Å². The molecule has 0 radical (unpaired) electrons. The first kappa shape index (κ1) is 18.2. The molecule has 3 aromatic carbocycles. The first-order chi connectivity index (χ1) is 13.6. The molecular formula is C22H15ClN2O2S. The summed E-state index contributed by atoms with van der Waals surface area (Å²) >= 11 is 11.1. The molecule has 0 spiro atoms. The van der Waals surface area contributed by atoms with E-state index < -0.39 is 0 Å². The van der Waals surface area contributed by atoms with Gasteiger partial charge in [-0.15, -0.1) is 0 Å². The van der Waals surface area contributed by atoms with E-state index in [1.165, 1.54) is 6.08 Å². The van der Waals surface area contributed by atoms with E-state index in [1.807, 2.05) is 54.6 Å². The van der Waals surface area contributed by atoms with Crippen molar-refractivity contribution >= 4 is 68.5 Å². The minimum Gasteiger partial charge on any atom is -0.456 e. The van der Waals surface area contributed by atoms with Gasteiger partial charge in [-0.25, -0.2) is 0 Å². The predicted molar refractivity (Wildman–Crippen MR) is 119 cm³/mol. The monoisotopic (exact) mass is 406 g/mol. The Hall–Kier alpha value is -3.15. The van der Waals surface area contributed by atoms with Crippen LogP contribution < -0.4 is 10.6 Å². The van der Waals surface area contributed by atoms with Gasteiger partial charge in [-0.3, -0.25) is 10.1 Å². The summed E-state index contributed by atoms with van der Waals surface area (Å²) in [7, 11) is 0. The highest BCUT2D eigenvalue weighted by atomic mass is 35.5. The fourth-order valence-corrected chi connectivity index (χ4v) is 3.21. The van der Waals surface area contributed by atoms with Gasteiger partial charge in [0.2, 0.25) is 5.91 Å². The highest BCUT2D eigenvalue weighted by Crippen LogP contribution is 2.30. The summed E-state index contributed by atoms with van der Waals surface area (Å²) < 4.78 is 5.86. The number of nitrogens with one attached hydrogen (secondary N) is 2. The zero-order valence-electron chi connectivity index (χ0n) is 14.6. The number of hydrogen-bond acceptors (Lipinski definition) is 3. The van der Waals surface area contributed by atoms with E-state index in [4.69, 9.17) is 28.2 Å². The van der Waals surface area contributed by atoms with Gasteiger partial charge in [0.25, 0.3) is 0 Å². The molecule has 0 unspecified atom stereocenters. The molecule has 1 heterocycles. The number of rotatable bonds is 3. The third-order valence-electron chi connectivity index (χ3n) is 4.17. The SMILES string of the molecule is O=C(/C=C/c1ccc(Cl)cc1)NC(=S)Nc1ccc2c(c1)oc1ccccc12. The van der Waals surface area contributed by atoms with E-state index in [-0.39, 0.29) is 11.0 Å². The summed E-state index contributed by atoms with van der Waals surface area (Å²) in [6, 6.07) is 20.8. The summed E-state index contributed by atoms with van der Waals surface area (Å²) in [6.07, 6.45) is 3.11. The third-order valence-corrected chi connectivity index (χ3v) is 4.63. The van der Waals surface area contributed by atoms with Crippen LogP contribution in [0.3, 0.4) is 0 Å². The highest BCUT2D eigenvalue weighted by molar-refractivity contribution is 7.80. The Labute approximate surface area is 171 Å². The fraction of sp³-hybridized carbons (Fsp3) is 0. The number of thiocarbonyl (C=S) groups is 1. The van der Waals surface area contributed by atoms with Crippen LogP contribution in [0.4, 0.5) is 5.69 Å². The zero-order valence-corrected chi connectivity index (χ0v) is 16.2. The number of anilines is 1. The molecule has 4 nitrogen and oxygen atoms in total. The molecule has 1 aromatic heterocycles. The quantitative estimate of drug-likeness (QED) is 0.335. The van der Waals surface area contributed by atoms with Crippen LogP contribution >= 0.6 is 23.8 Å². The first-order valence-electron chi connectivity index (χ1n) is 8.55. The Morgan fingerprint density at radius 1 is 0.964 bits per heavy atom. The van der Waals surface area contributed by atoms with Crippen molar-refractivity contribution in [1.29, 1.82) is 0 Å². The molecule has 0 fully saturated rings. The Balaban J connectivity index is 1.42. The number of para-hydroxylation sites is 1. The average molecular weight is 407 g/mol. The lowest BCUT2D eigenvalue weighted by molar-refractivity contribution is -0.115. The largest absolute Gasteiger partial charge is 0.456 e. The fourth-order valence-electron chi connectivity index (χ4n) is 2.87. The van der Waals surface area contributed by atoms with Gasteiger partial charge in [-0.2, -0.15) is 0 Å². The standard InChI is InChI=1S/C22H15ClN2O2S/c23-15-8-5-14(6-9-15)7-12-21(26)25-22(28)24-16-10-11-18-17-3-1-2-4-19(17)27-20(18)13-16/h1-13H,(H2,24,25,26,28)/b12-7+. The summed E-state index contributed by atoms with van der Waals surface area (Å²) in [4.78, 5) is 12.0. The predicted octanol–water partition coefficient (Wildman–Crippen LogP) is 5.77. The maximum atomic E-state index is 12.0. The second-order valence-electron chi connectivity index (χ2n) is 6.14. The van der Waals surface area contributed by atoms with Crippen LogP contribution in [0.5, 0.6) is 0 Å². The van der Waals surface area contributed by atoms with E-state index in [1.54, 1.807) is 18.2 Å². The number of hydrogen-bond donors (Lipinski definition) is 2. The molecule has 4 rings (SSSR count). The molecule has 0 aliphatic heterocycles. The van der Waals surface area contributed by atoms with Gasteiger partial charge in [-0.1, -0.05) is 41.9 Å². The van der Waals surface area contributed by atoms with Gasteiger partial charge >= 0.3 is 0 Å². The van der Waals surface area contributed by atoms with Gasteiger partial charge in [0.05, 0.1) is 0 Å². The lowest BCUT2D eigenvalue weighted by atomic mass is 10.1. The Morgan fingerprint density at radius 2 is 1.71 bits per heavy atom. The van der Waals surface area contributed by atoms with Gasteiger partial charge < -0.3 is 9.73 Å². The molecule has 2 N–H and O–H groups in total. The van der Waals surface area contributed by atoms with Gasteiger partial charge in [0.1, 0.15) is 11.2 Å². The van der Waals surface area contributed by atoms with Crippen LogP contribution in [0.2, 0.25) is 5.02 Å². The number of benzene rings is 3. The molecule has 0 saturated heterocycles. The minimum atomic E-state index is -0.322. The summed E-state index contributed by atoms with van der Waals surface area (Å²) in [5.41, 5.74) is 3.19. The molecule has 1 amide bonds. The number of furan rings is 1. The van der Waals surface area contributed by atoms with Crippen molar-refractivity contribution < 1.29 is 9.21 Å². The number of fused-ring (bicyclic) bond motifs is 3. The second-order valence-corrected chi connectivity index (χ2v) is 6.98. The molecule has 0 bridgehead atoms. The molecular weight excluding hydrogens is 392 g/mol. The van der Waals surface area contributed by atoms with Gasteiger partial charge in [-0.05, 0) is 54.2 Å². The summed E-state index contributed by atoms with van der Waals surface area (Å²) in [5.74, 6) is -0.322. The van der Waals surface area contributed by atoms with Gasteiger partial charge in [0, 0.05) is 33.6 Å². The molecule has 0 saturated carbocycles. The molecule has 6 heteroatoms. The van der Waals surface area contributed by atoms with E-state index in [0.29, 0.717) is 5.02 Å². The first-order valence-corrected chi connectivity index (χ1v) is 9.34. The number of carbonyl (C=O) groups is 1. The molecule has 0 aliphatic rings. The van der Waals surface area contributed by atoms with Crippen LogP contribution in [-0.4, -0.2) is 11.0 Å². The minimum absolute atomic E-state index is 0.209. The molecule has 0 atom stereocenters. The molecule has 0 aliphatic carbocycles. The summed E-state index contributed by atoms with van der Waals surface area (Å²) in [5, 5.41) is 8.57. The average Bonchev–Trinajstić information content (AvgIpc) is 3.05. The maximum absolute atomic E-state index is 12.0. The van der Waals surface area contributed by atoms with E-state index >= 15 is 0 Å². The van der Waals surface area contributed by atoms with E-state index in [0.717, 1.165) is 33.2 Å². The van der Waals surface area contributed by atoms with Crippen LogP contribution in [0.1, 0.15) is 5.56 Å². The molecule has 28 heavy (non-hydrogen) atoms. The van der Waals surface area contributed by atoms with Crippen molar-refractivity contribution in [2.45, 2.75) is 0 Å². The number of carbonyl (C=O) groups excluding carboxylic acids is 1. The molecule has 138 valence electrons. The topological polar surface area (TPSA) is 54.3 Å². The van der Waals surface area contributed by atoms with Crippen LogP contribution in [-0.2, 0) is 4.79 Å². The van der Waals surface area contributed by atoms with Crippen molar-refractivity contribution in [3.63, 3.8) is 0 Å². The van der Waals surface area contributed by atoms with Crippen molar-refractivity contribution in [2.24, 2.45) is 0 Å². The third kappa shape index (κ3) is 4.06. The normalized spacial score (nSPS) is 11.2. The van der Waals surface area contributed by atoms with Crippen LogP contribution in [0.25, 0.3) is 28.0 Å². The van der Waals surface area contributed by atoms with Crippen molar-refractivity contribution in [2.75, 3.05) is 5.32 Å². The van der Waals surface area contributed by atoms with Crippen molar-refractivity contribution in [1.82, 2.24) is 5.32 Å². The molecule has 4 aromatic rings. The lowest BCUT2D eigenvalue weighted by Crippen LogP contribution is -2.32. The van der Waals surface area contributed by atoms with E-state index in [2.05, 4.69) is 10.6 Å². The van der Waals surface area contributed by atoms with E-state index in [9.17, 15) is 4.79 Å². The number of amides is 1. The Morgan fingerprint density at radius 3 is 2.54 bits per heavy atom. The maximum Gasteiger partial charge on any atom is 0.250 e. The Kier molecular flexibility index (Phi) is 5.10. The Bertz CT molecular complexity index is 1210. The van der Waals surface area contributed by atoms with Crippen LogP contribution in [0, 0.1) is 0 Å². The smallest absolute Gasteiger partial charge is 0.250 e. The zero-order chi connectivity index (χ0) is 19.5. The highest BCUT2D eigenvalue weighted by Gasteiger charge is 2.08.